The fraction of sp³-hybridized carbons (Fsp3) is 0.348. The molecule has 2 aliphatic rings. The molecule has 29 heavy (non-hydrogen) atoms. The molecule has 1 amide bonds. The fourth-order valence-electron chi connectivity index (χ4n) is 4.47. The van der Waals surface area contributed by atoms with Crippen LogP contribution in [-0.2, 0) is 13.0 Å². The highest BCUT2D eigenvalue weighted by atomic mass is 16.2. The lowest BCUT2D eigenvalue weighted by molar-refractivity contribution is 0.0787. The van der Waals surface area contributed by atoms with Crippen molar-refractivity contribution in [2.75, 3.05) is 19.6 Å². The van der Waals surface area contributed by atoms with E-state index in [1.807, 2.05) is 35.2 Å². The van der Waals surface area contributed by atoms with Gasteiger partial charge in [0.25, 0.3) is 11.5 Å². The van der Waals surface area contributed by atoms with E-state index in [4.69, 9.17) is 0 Å². The maximum atomic E-state index is 13.1. The second kappa shape index (κ2) is 7.44. The Labute approximate surface area is 169 Å². The first-order valence-electron chi connectivity index (χ1n) is 10.3. The fourth-order valence-corrected chi connectivity index (χ4v) is 4.47. The summed E-state index contributed by atoms with van der Waals surface area (Å²) in [5.74, 6) is 0.0503. The molecule has 6 nitrogen and oxygen atoms in total. The van der Waals surface area contributed by atoms with Gasteiger partial charge in [0.15, 0.2) is 0 Å². The number of carbonyl (C=O) groups excluding carboxylic acids is 1. The molecule has 0 bridgehead atoms. The highest BCUT2D eigenvalue weighted by molar-refractivity contribution is 5.94. The number of likely N-dealkylation sites (tertiary alicyclic amines) is 1. The smallest absolute Gasteiger partial charge is 0.261 e. The average molecular weight is 388 g/mol. The van der Waals surface area contributed by atoms with Crippen molar-refractivity contribution in [3.05, 3.63) is 75.8 Å². The van der Waals surface area contributed by atoms with Crippen molar-refractivity contribution >= 4 is 16.8 Å². The number of aryl methyl sites for hydroxylation is 1. The molecule has 2 aliphatic heterocycles. The number of carbonyl (C=O) groups is 1. The van der Waals surface area contributed by atoms with Crippen molar-refractivity contribution in [3.8, 4) is 0 Å². The molecule has 3 heterocycles. The van der Waals surface area contributed by atoms with E-state index in [0.717, 1.165) is 37.9 Å². The van der Waals surface area contributed by atoms with Crippen LogP contribution in [0.5, 0.6) is 0 Å². The van der Waals surface area contributed by atoms with Crippen LogP contribution in [0.15, 0.2) is 53.6 Å². The van der Waals surface area contributed by atoms with Gasteiger partial charge in [-0.1, -0.05) is 18.2 Å². The van der Waals surface area contributed by atoms with Crippen molar-refractivity contribution in [2.45, 2.75) is 31.8 Å². The van der Waals surface area contributed by atoms with Crippen molar-refractivity contribution < 1.29 is 4.79 Å². The third-order valence-electron chi connectivity index (χ3n) is 6.10. The number of aromatic nitrogens is 2. The van der Waals surface area contributed by atoms with E-state index < -0.39 is 0 Å². The van der Waals surface area contributed by atoms with Gasteiger partial charge in [0.1, 0.15) is 0 Å². The number of nitrogens with one attached hydrogen (secondary N) is 1. The molecule has 2 aromatic carbocycles. The van der Waals surface area contributed by atoms with Gasteiger partial charge >= 0.3 is 0 Å². The summed E-state index contributed by atoms with van der Waals surface area (Å²) in [7, 11) is 0. The number of benzene rings is 2. The van der Waals surface area contributed by atoms with E-state index in [2.05, 4.69) is 22.4 Å². The summed E-state index contributed by atoms with van der Waals surface area (Å²) in [5, 5.41) is 4.04. The second-order valence-electron chi connectivity index (χ2n) is 7.93. The number of hydrogen-bond acceptors (Lipinski definition) is 4. The molecule has 148 valence electrons. The lowest BCUT2D eigenvalue weighted by Crippen LogP contribution is -2.31. The van der Waals surface area contributed by atoms with Crippen LogP contribution < -0.4 is 10.9 Å². The lowest BCUT2D eigenvalue weighted by atomic mass is 10.0. The zero-order chi connectivity index (χ0) is 19.8. The van der Waals surface area contributed by atoms with Crippen LogP contribution in [0.25, 0.3) is 10.9 Å². The highest BCUT2D eigenvalue weighted by Crippen LogP contribution is 2.24. The van der Waals surface area contributed by atoms with E-state index in [-0.39, 0.29) is 17.5 Å². The number of rotatable bonds is 2. The van der Waals surface area contributed by atoms with E-state index in [0.29, 0.717) is 24.0 Å². The van der Waals surface area contributed by atoms with Crippen molar-refractivity contribution in [2.24, 2.45) is 0 Å². The second-order valence-corrected chi connectivity index (χ2v) is 7.93. The average Bonchev–Trinajstić information content (AvgIpc) is 3.12. The molecule has 1 saturated heterocycles. The van der Waals surface area contributed by atoms with E-state index in [9.17, 15) is 9.59 Å². The Morgan fingerprint density at radius 2 is 2.03 bits per heavy atom. The minimum Gasteiger partial charge on any atom is -0.336 e. The normalized spacial score (nSPS) is 19.2. The Balaban J connectivity index is 1.37. The molecule has 0 aliphatic carbocycles. The number of nitrogens with zero attached hydrogens (tertiary/aromatic N) is 3. The summed E-state index contributed by atoms with van der Waals surface area (Å²) in [5.41, 5.74) is 3.97. The SMILES string of the molecule is O=C(c1ccc2c(c1)CCCNC2)N1CCC(n2cnc3ccccc3c2=O)C1. The van der Waals surface area contributed by atoms with Gasteiger partial charge in [-0.2, -0.15) is 0 Å². The number of fused-ring (bicyclic) bond motifs is 2. The molecule has 1 unspecified atom stereocenters. The molecule has 1 fully saturated rings. The van der Waals surface area contributed by atoms with Gasteiger partial charge in [-0.25, -0.2) is 4.98 Å². The zero-order valence-electron chi connectivity index (χ0n) is 16.3. The van der Waals surface area contributed by atoms with E-state index >= 15 is 0 Å². The molecule has 0 saturated carbocycles. The first-order valence-corrected chi connectivity index (χ1v) is 10.3. The molecule has 0 spiro atoms. The lowest BCUT2D eigenvalue weighted by Gasteiger charge is -2.18. The minimum atomic E-state index is -0.0348. The number of hydrogen-bond donors (Lipinski definition) is 1. The first-order chi connectivity index (χ1) is 14.2. The van der Waals surface area contributed by atoms with Gasteiger partial charge in [0.2, 0.25) is 0 Å². The molecule has 3 aromatic rings. The molecule has 1 atom stereocenters. The van der Waals surface area contributed by atoms with Crippen LogP contribution in [0.4, 0.5) is 0 Å². The van der Waals surface area contributed by atoms with Crippen LogP contribution in [0.2, 0.25) is 0 Å². The first kappa shape index (κ1) is 18.1. The van der Waals surface area contributed by atoms with Gasteiger partial charge < -0.3 is 10.2 Å². The van der Waals surface area contributed by atoms with Crippen LogP contribution in [0.1, 0.15) is 40.4 Å². The van der Waals surface area contributed by atoms with E-state index in [1.54, 1.807) is 10.9 Å². The predicted molar refractivity (Wildman–Crippen MR) is 112 cm³/mol. The molecule has 1 N–H and O–H groups in total. The van der Waals surface area contributed by atoms with Crippen LogP contribution in [0, 0.1) is 0 Å². The van der Waals surface area contributed by atoms with Crippen molar-refractivity contribution in [1.82, 2.24) is 19.8 Å². The predicted octanol–water partition coefficient (Wildman–Crippen LogP) is 2.52. The summed E-state index contributed by atoms with van der Waals surface area (Å²) in [6.07, 6.45) is 4.48. The molecule has 5 rings (SSSR count). The molecule has 6 heteroatoms. The van der Waals surface area contributed by atoms with Gasteiger partial charge in [0.05, 0.1) is 23.3 Å². The Morgan fingerprint density at radius 1 is 1.14 bits per heavy atom. The van der Waals surface area contributed by atoms with Gasteiger partial charge in [-0.05, 0) is 61.2 Å². The molecular weight excluding hydrogens is 364 g/mol. The third-order valence-corrected chi connectivity index (χ3v) is 6.10. The number of amides is 1. The summed E-state index contributed by atoms with van der Waals surface area (Å²) in [6, 6.07) is 13.4. The zero-order valence-corrected chi connectivity index (χ0v) is 16.3. The summed E-state index contributed by atoms with van der Waals surface area (Å²) < 4.78 is 1.69. The van der Waals surface area contributed by atoms with Crippen LogP contribution in [-0.4, -0.2) is 40.0 Å². The summed E-state index contributed by atoms with van der Waals surface area (Å²) >= 11 is 0. The van der Waals surface area contributed by atoms with Gasteiger partial charge in [0, 0.05) is 25.2 Å². The quantitative estimate of drug-likeness (QED) is 0.733. The van der Waals surface area contributed by atoms with Gasteiger partial charge in [-0.3, -0.25) is 14.2 Å². The Morgan fingerprint density at radius 3 is 2.97 bits per heavy atom. The standard InChI is InChI=1S/C23H24N4O2/c28-22(17-7-8-18-13-24-10-3-4-16(18)12-17)26-11-9-19(14-26)27-15-25-21-6-2-1-5-20(21)23(27)29/h1-2,5-8,12,15,19,24H,3-4,9-11,13-14H2. The largest absolute Gasteiger partial charge is 0.336 e. The molecule has 0 radical (unpaired) electrons. The molecule has 1 aromatic heterocycles. The monoisotopic (exact) mass is 388 g/mol. The molecular formula is C23H24N4O2. The Bertz CT molecular complexity index is 1140. The third kappa shape index (κ3) is 3.34. The van der Waals surface area contributed by atoms with E-state index in [1.165, 1.54) is 11.1 Å². The van der Waals surface area contributed by atoms with Crippen molar-refractivity contribution in [1.29, 1.82) is 0 Å². The minimum absolute atomic E-state index is 0.0337. The maximum absolute atomic E-state index is 13.1. The van der Waals surface area contributed by atoms with Crippen molar-refractivity contribution in [3.63, 3.8) is 0 Å². The van der Waals surface area contributed by atoms with Crippen LogP contribution in [0.3, 0.4) is 0 Å². The van der Waals surface area contributed by atoms with Gasteiger partial charge in [-0.15, -0.1) is 0 Å². The number of para-hydroxylation sites is 1. The Hall–Kier alpha value is -2.99. The summed E-state index contributed by atoms with van der Waals surface area (Å²) in [4.78, 5) is 32.3. The summed E-state index contributed by atoms with van der Waals surface area (Å²) in [6.45, 7) is 3.08. The maximum Gasteiger partial charge on any atom is 0.261 e. The van der Waals surface area contributed by atoms with Crippen LogP contribution >= 0.6 is 0 Å². The topological polar surface area (TPSA) is 67.2 Å². The Kier molecular flexibility index (Phi) is 4.64. The highest BCUT2D eigenvalue weighted by Gasteiger charge is 2.29.